The highest BCUT2D eigenvalue weighted by molar-refractivity contribution is 7.89. The van der Waals surface area contributed by atoms with Crippen LogP contribution in [0, 0.1) is 5.92 Å². The van der Waals surface area contributed by atoms with E-state index in [0.29, 0.717) is 18.2 Å². The third kappa shape index (κ3) is 3.75. The zero-order chi connectivity index (χ0) is 15.5. The van der Waals surface area contributed by atoms with Crippen molar-refractivity contribution in [3.8, 4) is 5.75 Å². The fourth-order valence-corrected chi connectivity index (χ4v) is 4.45. The van der Waals surface area contributed by atoms with E-state index in [0.717, 1.165) is 18.4 Å². The number of sulfonamides is 1. The fraction of sp³-hybridized carbons (Fsp3) is 0.600. The molecule has 2 rings (SSSR count). The summed E-state index contributed by atoms with van der Waals surface area (Å²) in [6.45, 7) is 2.23. The molecule has 0 aliphatic heterocycles. The third-order valence-electron chi connectivity index (χ3n) is 4.20. The van der Waals surface area contributed by atoms with Crippen molar-refractivity contribution in [1.29, 1.82) is 0 Å². The summed E-state index contributed by atoms with van der Waals surface area (Å²) in [5, 5.41) is 0. The summed E-state index contributed by atoms with van der Waals surface area (Å²) in [6.07, 6.45) is 4.54. The van der Waals surface area contributed by atoms with Gasteiger partial charge in [-0.05, 0) is 43.4 Å². The predicted molar refractivity (Wildman–Crippen MR) is 82.6 cm³/mol. The lowest BCUT2D eigenvalue weighted by Crippen LogP contribution is -2.37. The van der Waals surface area contributed by atoms with Crippen LogP contribution in [0.25, 0.3) is 0 Å². The van der Waals surface area contributed by atoms with Gasteiger partial charge in [0.15, 0.2) is 0 Å². The first-order chi connectivity index (χ1) is 9.97. The average Bonchev–Trinajstić information content (AvgIpc) is 3.00. The summed E-state index contributed by atoms with van der Waals surface area (Å²) in [6, 6.07) is 4.95. The molecule has 1 fully saturated rings. The molecule has 3 N–H and O–H groups in total. The maximum atomic E-state index is 12.6. The van der Waals surface area contributed by atoms with E-state index < -0.39 is 10.0 Å². The lowest BCUT2D eigenvalue weighted by atomic mass is 10.0. The Kier molecular flexibility index (Phi) is 5.24. The van der Waals surface area contributed by atoms with Crippen molar-refractivity contribution in [2.24, 2.45) is 11.7 Å². The van der Waals surface area contributed by atoms with E-state index in [-0.39, 0.29) is 10.9 Å². The van der Waals surface area contributed by atoms with Crippen LogP contribution >= 0.6 is 0 Å². The Morgan fingerprint density at radius 2 is 2.05 bits per heavy atom. The molecule has 6 heteroatoms. The third-order valence-corrected chi connectivity index (χ3v) is 5.78. The van der Waals surface area contributed by atoms with Crippen molar-refractivity contribution in [3.05, 3.63) is 23.8 Å². The lowest BCUT2D eigenvalue weighted by molar-refractivity contribution is 0.398. The second-order valence-corrected chi connectivity index (χ2v) is 7.33. The predicted octanol–water partition coefficient (Wildman–Crippen LogP) is 2.01. The van der Waals surface area contributed by atoms with Crippen molar-refractivity contribution in [2.75, 3.05) is 7.11 Å². The lowest BCUT2D eigenvalue weighted by Gasteiger charge is -2.21. The minimum Gasteiger partial charge on any atom is -0.495 e. The van der Waals surface area contributed by atoms with Crippen molar-refractivity contribution in [3.63, 3.8) is 0 Å². The zero-order valence-corrected chi connectivity index (χ0v) is 13.4. The van der Waals surface area contributed by atoms with E-state index in [1.54, 1.807) is 18.2 Å². The molecule has 1 aromatic rings. The maximum absolute atomic E-state index is 12.6. The van der Waals surface area contributed by atoms with Gasteiger partial charge in [-0.1, -0.05) is 18.9 Å². The summed E-state index contributed by atoms with van der Waals surface area (Å²) >= 11 is 0. The molecule has 0 bridgehead atoms. The van der Waals surface area contributed by atoms with Crippen molar-refractivity contribution in [2.45, 2.75) is 50.1 Å². The monoisotopic (exact) mass is 312 g/mol. The highest BCUT2D eigenvalue weighted by Gasteiger charge is 2.28. The summed E-state index contributed by atoms with van der Waals surface area (Å²) in [4.78, 5) is 0.165. The Bertz CT molecular complexity index is 581. The van der Waals surface area contributed by atoms with Crippen LogP contribution in [0.1, 0.15) is 38.2 Å². The molecule has 0 radical (unpaired) electrons. The van der Waals surface area contributed by atoms with Crippen LogP contribution < -0.4 is 15.2 Å². The molecule has 1 aliphatic rings. The molecule has 1 atom stereocenters. The summed E-state index contributed by atoms with van der Waals surface area (Å²) < 4.78 is 33.2. The molecule has 0 aromatic heterocycles. The molecule has 1 saturated carbocycles. The molecule has 21 heavy (non-hydrogen) atoms. The van der Waals surface area contributed by atoms with Gasteiger partial charge in [-0.25, -0.2) is 13.1 Å². The first-order valence-corrected chi connectivity index (χ1v) is 8.85. The van der Waals surface area contributed by atoms with Gasteiger partial charge in [0, 0.05) is 12.6 Å². The number of rotatable bonds is 6. The topological polar surface area (TPSA) is 81.4 Å². The van der Waals surface area contributed by atoms with Gasteiger partial charge in [-0.2, -0.15) is 0 Å². The molecular weight excluding hydrogens is 288 g/mol. The van der Waals surface area contributed by atoms with Gasteiger partial charge in [-0.15, -0.1) is 0 Å². The van der Waals surface area contributed by atoms with Crippen molar-refractivity contribution in [1.82, 2.24) is 4.72 Å². The van der Waals surface area contributed by atoms with Crippen molar-refractivity contribution >= 4 is 10.0 Å². The van der Waals surface area contributed by atoms with Crippen LogP contribution in [-0.4, -0.2) is 21.6 Å². The maximum Gasteiger partial charge on any atom is 0.244 e. The molecule has 0 spiro atoms. The van der Waals surface area contributed by atoms with E-state index in [2.05, 4.69) is 4.72 Å². The number of hydrogen-bond acceptors (Lipinski definition) is 4. The summed E-state index contributed by atoms with van der Waals surface area (Å²) in [5.41, 5.74) is 6.37. The van der Waals surface area contributed by atoms with Gasteiger partial charge in [0.25, 0.3) is 0 Å². The Morgan fingerprint density at radius 3 is 2.62 bits per heavy atom. The SMILES string of the molecule is COc1ccc(CN)cc1S(=O)(=O)NC(C)C1CCCC1. The van der Waals surface area contributed by atoms with Gasteiger partial charge in [0.05, 0.1) is 7.11 Å². The Labute approximate surface area is 126 Å². The zero-order valence-electron chi connectivity index (χ0n) is 12.6. The second kappa shape index (κ2) is 6.77. The van der Waals surface area contributed by atoms with Gasteiger partial charge >= 0.3 is 0 Å². The number of hydrogen-bond donors (Lipinski definition) is 2. The minimum absolute atomic E-state index is 0.0660. The highest BCUT2D eigenvalue weighted by Crippen LogP contribution is 2.30. The molecule has 118 valence electrons. The van der Waals surface area contributed by atoms with E-state index in [1.165, 1.54) is 20.0 Å². The second-order valence-electron chi connectivity index (χ2n) is 5.64. The standard InChI is InChI=1S/C15H24N2O3S/c1-11(13-5-3-4-6-13)17-21(18,19)15-9-12(10-16)7-8-14(15)20-2/h7-9,11,13,17H,3-6,10,16H2,1-2H3. The number of nitrogens with two attached hydrogens (primary N) is 1. The fourth-order valence-electron chi connectivity index (χ4n) is 2.92. The number of nitrogens with one attached hydrogen (secondary N) is 1. The van der Waals surface area contributed by atoms with Crippen LogP contribution in [-0.2, 0) is 16.6 Å². The molecular formula is C15H24N2O3S. The van der Waals surface area contributed by atoms with Gasteiger partial charge in [0.2, 0.25) is 10.0 Å². The van der Waals surface area contributed by atoms with E-state index in [4.69, 9.17) is 10.5 Å². The molecule has 0 amide bonds. The largest absolute Gasteiger partial charge is 0.495 e. The molecule has 0 heterocycles. The first-order valence-electron chi connectivity index (χ1n) is 7.37. The van der Waals surface area contributed by atoms with Crippen LogP contribution in [0.4, 0.5) is 0 Å². The summed E-state index contributed by atoms with van der Waals surface area (Å²) in [5.74, 6) is 0.766. The Balaban J connectivity index is 2.25. The number of methoxy groups -OCH3 is 1. The van der Waals surface area contributed by atoms with Crippen LogP contribution in [0.15, 0.2) is 23.1 Å². The molecule has 0 saturated heterocycles. The van der Waals surface area contributed by atoms with E-state index in [9.17, 15) is 8.42 Å². The van der Waals surface area contributed by atoms with E-state index in [1.807, 2.05) is 6.92 Å². The number of ether oxygens (including phenoxy) is 1. The van der Waals surface area contributed by atoms with Crippen molar-refractivity contribution < 1.29 is 13.2 Å². The van der Waals surface area contributed by atoms with Gasteiger partial charge in [0.1, 0.15) is 10.6 Å². The van der Waals surface area contributed by atoms with Gasteiger partial charge in [-0.3, -0.25) is 0 Å². The normalized spacial score (nSPS) is 17.9. The minimum atomic E-state index is -3.60. The van der Waals surface area contributed by atoms with Crippen LogP contribution in [0.2, 0.25) is 0 Å². The molecule has 1 unspecified atom stereocenters. The smallest absolute Gasteiger partial charge is 0.244 e. The Hall–Kier alpha value is -1.11. The highest BCUT2D eigenvalue weighted by atomic mass is 32.2. The Morgan fingerprint density at radius 1 is 1.38 bits per heavy atom. The quantitative estimate of drug-likeness (QED) is 0.842. The summed E-state index contributed by atoms with van der Waals surface area (Å²) in [7, 11) is -2.13. The number of benzene rings is 1. The molecule has 1 aliphatic carbocycles. The van der Waals surface area contributed by atoms with Crippen LogP contribution in [0.5, 0.6) is 5.75 Å². The first kappa shape index (κ1) is 16.3. The van der Waals surface area contributed by atoms with Gasteiger partial charge < -0.3 is 10.5 Å². The van der Waals surface area contributed by atoms with Crippen LogP contribution in [0.3, 0.4) is 0 Å². The molecule has 1 aromatic carbocycles. The molecule has 5 nitrogen and oxygen atoms in total. The van der Waals surface area contributed by atoms with E-state index >= 15 is 0 Å². The average molecular weight is 312 g/mol.